The van der Waals surface area contributed by atoms with Crippen LogP contribution in [0.5, 0.6) is 5.75 Å². The van der Waals surface area contributed by atoms with Crippen LogP contribution < -0.4 is 9.46 Å². The molecule has 0 aliphatic heterocycles. The summed E-state index contributed by atoms with van der Waals surface area (Å²) in [7, 11) is -2.06. The topological polar surface area (TPSA) is 58.6 Å². The molecule has 138 valence electrons. The van der Waals surface area contributed by atoms with E-state index in [-0.39, 0.29) is 10.9 Å². The summed E-state index contributed by atoms with van der Waals surface area (Å²) in [6, 6.07) is 6.80. The third kappa shape index (κ3) is 5.04. The summed E-state index contributed by atoms with van der Waals surface area (Å²) in [5.74, 6) is 0.596. The van der Waals surface area contributed by atoms with Crippen molar-refractivity contribution >= 4 is 37.3 Å². The highest BCUT2D eigenvalue weighted by molar-refractivity contribution is 9.10. The minimum atomic E-state index is -3.60. The highest BCUT2D eigenvalue weighted by Gasteiger charge is 2.22. The summed E-state index contributed by atoms with van der Waals surface area (Å²) in [4.78, 5) is 2.46. The van der Waals surface area contributed by atoms with Crippen molar-refractivity contribution in [3.63, 3.8) is 0 Å². The molecule has 0 bridgehead atoms. The predicted molar refractivity (Wildman–Crippen MR) is 106 cm³/mol. The summed E-state index contributed by atoms with van der Waals surface area (Å²) in [5, 5.41) is 4.09. The molecular weight excluding hydrogens is 424 g/mol. The van der Waals surface area contributed by atoms with E-state index >= 15 is 0 Å². The fourth-order valence-electron chi connectivity index (χ4n) is 2.67. The maximum Gasteiger partial charge on any atom is 0.240 e. The van der Waals surface area contributed by atoms with E-state index < -0.39 is 10.0 Å². The number of rotatable bonds is 9. The molecule has 0 spiro atoms. The zero-order valence-corrected chi connectivity index (χ0v) is 17.7. The summed E-state index contributed by atoms with van der Waals surface area (Å²) < 4.78 is 33.8. The SMILES string of the molecule is CCN(CC)C(CNS(=O)(=O)c1ccc(OC)c(Br)c1)c1ccsc1. The van der Waals surface area contributed by atoms with E-state index in [0.29, 0.717) is 16.8 Å². The summed E-state index contributed by atoms with van der Waals surface area (Å²) >= 11 is 4.95. The van der Waals surface area contributed by atoms with Crippen molar-refractivity contribution in [2.75, 3.05) is 26.7 Å². The van der Waals surface area contributed by atoms with Gasteiger partial charge in [0.2, 0.25) is 10.0 Å². The third-order valence-corrected chi connectivity index (χ3v) is 6.82. The number of hydrogen-bond donors (Lipinski definition) is 1. The van der Waals surface area contributed by atoms with Gasteiger partial charge in [0, 0.05) is 12.6 Å². The van der Waals surface area contributed by atoms with E-state index in [2.05, 4.69) is 44.8 Å². The molecular formula is C17H23BrN2O3S2. The number of thiophene rings is 1. The van der Waals surface area contributed by atoms with Crippen LogP contribution in [0.2, 0.25) is 0 Å². The van der Waals surface area contributed by atoms with E-state index in [9.17, 15) is 8.42 Å². The van der Waals surface area contributed by atoms with Crippen molar-refractivity contribution < 1.29 is 13.2 Å². The van der Waals surface area contributed by atoms with Crippen molar-refractivity contribution in [3.05, 3.63) is 45.1 Å². The molecule has 0 aliphatic carbocycles. The van der Waals surface area contributed by atoms with E-state index in [1.807, 2.05) is 11.4 Å². The Morgan fingerprint density at radius 1 is 1.28 bits per heavy atom. The van der Waals surface area contributed by atoms with Gasteiger partial charge in [-0.3, -0.25) is 4.90 Å². The number of halogens is 1. The van der Waals surface area contributed by atoms with Gasteiger partial charge in [-0.05, 0) is 69.6 Å². The Hall–Kier alpha value is -0.930. The maximum absolute atomic E-state index is 12.7. The first-order valence-corrected chi connectivity index (χ1v) is 11.2. The van der Waals surface area contributed by atoms with Gasteiger partial charge < -0.3 is 4.74 Å². The van der Waals surface area contributed by atoms with Gasteiger partial charge in [-0.2, -0.15) is 11.3 Å². The van der Waals surface area contributed by atoms with Crippen molar-refractivity contribution in [2.45, 2.75) is 24.8 Å². The average Bonchev–Trinajstić information content (AvgIpc) is 3.12. The Labute approximate surface area is 162 Å². The first kappa shape index (κ1) is 20.4. The minimum absolute atomic E-state index is 0.0118. The van der Waals surface area contributed by atoms with Crippen LogP contribution in [0.1, 0.15) is 25.5 Å². The lowest BCUT2D eigenvalue weighted by molar-refractivity contribution is 0.220. The van der Waals surface area contributed by atoms with Gasteiger partial charge in [-0.25, -0.2) is 13.1 Å². The predicted octanol–water partition coefficient (Wildman–Crippen LogP) is 3.88. The number of nitrogens with zero attached hydrogens (tertiary/aromatic N) is 1. The zero-order chi connectivity index (χ0) is 18.4. The monoisotopic (exact) mass is 446 g/mol. The molecule has 0 fully saturated rings. The summed E-state index contributed by atoms with van der Waals surface area (Å²) in [5.41, 5.74) is 1.13. The second-order valence-corrected chi connectivity index (χ2v) is 8.84. The number of nitrogens with one attached hydrogen (secondary N) is 1. The van der Waals surface area contributed by atoms with Crippen molar-refractivity contribution in [3.8, 4) is 5.75 Å². The number of hydrogen-bond acceptors (Lipinski definition) is 5. The molecule has 0 amide bonds. The van der Waals surface area contributed by atoms with Gasteiger partial charge in [0.15, 0.2) is 0 Å². The molecule has 1 aromatic carbocycles. The number of ether oxygens (including phenoxy) is 1. The lowest BCUT2D eigenvalue weighted by atomic mass is 10.1. The largest absolute Gasteiger partial charge is 0.496 e. The first-order chi connectivity index (χ1) is 11.9. The molecule has 0 saturated heterocycles. The van der Waals surface area contributed by atoms with Crippen LogP contribution in [0.25, 0.3) is 0 Å². The Bertz CT molecular complexity index is 775. The molecule has 1 N–H and O–H groups in total. The molecule has 1 unspecified atom stereocenters. The van der Waals surface area contributed by atoms with Gasteiger partial charge in [0.1, 0.15) is 5.75 Å². The molecule has 2 aromatic rings. The van der Waals surface area contributed by atoms with E-state index in [1.54, 1.807) is 36.6 Å². The molecule has 25 heavy (non-hydrogen) atoms. The number of sulfonamides is 1. The van der Waals surface area contributed by atoms with Gasteiger partial charge in [-0.1, -0.05) is 13.8 Å². The van der Waals surface area contributed by atoms with E-state index in [0.717, 1.165) is 18.7 Å². The lowest BCUT2D eigenvalue weighted by Crippen LogP contribution is -2.37. The Morgan fingerprint density at radius 2 is 2.00 bits per heavy atom. The first-order valence-electron chi connectivity index (χ1n) is 8.02. The highest BCUT2D eigenvalue weighted by Crippen LogP contribution is 2.28. The molecule has 0 aliphatic rings. The van der Waals surface area contributed by atoms with E-state index in [1.165, 1.54) is 0 Å². The average molecular weight is 447 g/mol. The standard InChI is InChI=1S/C17H23BrN2O3S2/c1-4-20(5-2)16(13-8-9-24-12-13)11-19-25(21,22)14-6-7-17(23-3)15(18)10-14/h6-10,12,16,19H,4-5,11H2,1-3H3. The van der Waals surface area contributed by atoms with Crippen LogP contribution in [0, 0.1) is 0 Å². The van der Waals surface area contributed by atoms with Crippen LogP contribution >= 0.6 is 27.3 Å². The van der Waals surface area contributed by atoms with Gasteiger partial charge in [0.25, 0.3) is 0 Å². The van der Waals surface area contributed by atoms with Crippen molar-refractivity contribution in [2.24, 2.45) is 0 Å². The Kier molecular flexibility index (Phi) is 7.45. The van der Waals surface area contributed by atoms with Gasteiger partial charge >= 0.3 is 0 Å². The molecule has 0 saturated carbocycles. The molecule has 5 nitrogen and oxygen atoms in total. The lowest BCUT2D eigenvalue weighted by Gasteiger charge is -2.29. The normalized spacial score (nSPS) is 13.2. The van der Waals surface area contributed by atoms with Crippen LogP contribution in [0.4, 0.5) is 0 Å². The Morgan fingerprint density at radius 3 is 2.52 bits per heavy atom. The Balaban J connectivity index is 2.19. The zero-order valence-electron chi connectivity index (χ0n) is 14.5. The van der Waals surface area contributed by atoms with Crippen LogP contribution in [0.3, 0.4) is 0 Å². The molecule has 2 rings (SSSR count). The fourth-order valence-corrected chi connectivity index (χ4v) is 5.14. The second kappa shape index (κ2) is 9.14. The summed E-state index contributed by atoms with van der Waals surface area (Å²) in [6.07, 6.45) is 0. The smallest absolute Gasteiger partial charge is 0.240 e. The van der Waals surface area contributed by atoms with Crippen LogP contribution in [-0.2, 0) is 10.0 Å². The molecule has 8 heteroatoms. The maximum atomic E-state index is 12.7. The van der Waals surface area contributed by atoms with Crippen molar-refractivity contribution in [1.29, 1.82) is 0 Å². The van der Waals surface area contributed by atoms with Crippen LogP contribution in [0.15, 0.2) is 44.4 Å². The van der Waals surface area contributed by atoms with Crippen molar-refractivity contribution in [1.82, 2.24) is 9.62 Å². The molecule has 1 heterocycles. The summed E-state index contributed by atoms with van der Waals surface area (Å²) in [6.45, 7) is 6.19. The third-order valence-electron chi connectivity index (χ3n) is 4.08. The number of benzene rings is 1. The van der Waals surface area contributed by atoms with Gasteiger partial charge in [0.05, 0.1) is 16.5 Å². The quantitative estimate of drug-likeness (QED) is 0.634. The molecule has 1 atom stereocenters. The van der Waals surface area contributed by atoms with Crippen LogP contribution in [-0.4, -0.2) is 40.1 Å². The highest BCUT2D eigenvalue weighted by atomic mass is 79.9. The molecule has 0 radical (unpaired) electrons. The molecule has 1 aromatic heterocycles. The second-order valence-electron chi connectivity index (χ2n) is 5.44. The van der Waals surface area contributed by atoms with E-state index in [4.69, 9.17) is 4.74 Å². The fraction of sp³-hybridized carbons (Fsp3) is 0.412. The number of likely N-dealkylation sites (N-methyl/N-ethyl adjacent to an activating group) is 1. The minimum Gasteiger partial charge on any atom is -0.496 e. The van der Waals surface area contributed by atoms with Gasteiger partial charge in [-0.15, -0.1) is 0 Å². The number of methoxy groups -OCH3 is 1.